The number of aryl methyl sites for hydroxylation is 1. The van der Waals surface area contributed by atoms with E-state index in [9.17, 15) is 14.4 Å². The Hall–Kier alpha value is -2.45. The van der Waals surface area contributed by atoms with E-state index in [2.05, 4.69) is 33.1 Å². The molecule has 0 spiro atoms. The van der Waals surface area contributed by atoms with Gasteiger partial charge in [-0.1, -0.05) is 18.6 Å². The Labute approximate surface area is 170 Å². The van der Waals surface area contributed by atoms with Gasteiger partial charge in [-0.15, -0.1) is 0 Å². The lowest BCUT2D eigenvalue weighted by Crippen LogP contribution is -2.75. The first-order valence-electron chi connectivity index (χ1n) is 10.4. The van der Waals surface area contributed by atoms with Crippen LogP contribution >= 0.6 is 0 Å². The molecule has 156 valence electrons. The van der Waals surface area contributed by atoms with Crippen molar-refractivity contribution in [2.45, 2.75) is 58.0 Å². The Balaban J connectivity index is 1.50. The molecule has 0 aromatic heterocycles. The van der Waals surface area contributed by atoms with Gasteiger partial charge in [0.25, 0.3) is 0 Å². The maximum Gasteiger partial charge on any atom is 0.229 e. The first-order chi connectivity index (χ1) is 13.9. The number of likely N-dealkylation sites (tertiary alicyclic amines) is 1. The Bertz CT molecular complexity index is 813. The molecule has 3 saturated heterocycles. The van der Waals surface area contributed by atoms with Crippen molar-refractivity contribution in [1.29, 1.82) is 0 Å². The van der Waals surface area contributed by atoms with E-state index in [4.69, 9.17) is 0 Å². The first-order valence-corrected chi connectivity index (χ1v) is 10.4. The molecule has 29 heavy (non-hydrogen) atoms. The van der Waals surface area contributed by atoms with Crippen molar-refractivity contribution in [1.82, 2.24) is 20.9 Å². The van der Waals surface area contributed by atoms with Gasteiger partial charge in [0.15, 0.2) is 0 Å². The van der Waals surface area contributed by atoms with Gasteiger partial charge < -0.3 is 16.0 Å². The van der Waals surface area contributed by atoms with Crippen LogP contribution in [-0.2, 0) is 14.4 Å². The Kier molecular flexibility index (Phi) is 5.56. The molecular formula is C21H29N5O3. The second-order valence-corrected chi connectivity index (χ2v) is 8.40. The summed E-state index contributed by atoms with van der Waals surface area (Å²) in [5.74, 6) is -2.08. The van der Waals surface area contributed by atoms with E-state index in [1.807, 2.05) is 25.1 Å². The van der Waals surface area contributed by atoms with Gasteiger partial charge in [0.2, 0.25) is 17.7 Å². The number of amides is 3. The Morgan fingerprint density at radius 1 is 1.21 bits per heavy atom. The van der Waals surface area contributed by atoms with Crippen LogP contribution in [0.3, 0.4) is 0 Å². The molecule has 5 atom stereocenters. The summed E-state index contributed by atoms with van der Waals surface area (Å²) in [5, 5.41) is 12.1. The van der Waals surface area contributed by atoms with Crippen LogP contribution in [0.4, 0.5) is 5.69 Å². The number of fused-ring (bicyclic) bond motifs is 1. The average molecular weight is 399 g/mol. The molecule has 3 heterocycles. The quantitative estimate of drug-likeness (QED) is 0.605. The van der Waals surface area contributed by atoms with Crippen molar-refractivity contribution in [2.24, 2.45) is 11.8 Å². The molecule has 4 N–H and O–H groups in total. The molecule has 4 rings (SSSR count). The van der Waals surface area contributed by atoms with Crippen LogP contribution in [0, 0.1) is 18.8 Å². The number of hydrogen-bond acceptors (Lipinski definition) is 5. The number of carbonyl (C=O) groups excluding carboxylic acids is 3. The van der Waals surface area contributed by atoms with Crippen molar-refractivity contribution in [3.63, 3.8) is 0 Å². The zero-order valence-corrected chi connectivity index (χ0v) is 16.9. The highest BCUT2D eigenvalue weighted by molar-refractivity contribution is 6.00. The summed E-state index contributed by atoms with van der Waals surface area (Å²) in [6.45, 7) is 4.98. The summed E-state index contributed by atoms with van der Waals surface area (Å²) in [6, 6.07) is 7.82. The number of anilines is 1. The van der Waals surface area contributed by atoms with E-state index in [-0.39, 0.29) is 30.4 Å². The van der Waals surface area contributed by atoms with E-state index in [1.165, 1.54) is 6.42 Å². The molecule has 8 heteroatoms. The van der Waals surface area contributed by atoms with Gasteiger partial charge in [0.1, 0.15) is 6.29 Å². The molecular weight excluding hydrogens is 370 g/mol. The van der Waals surface area contributed by atoms with Crippen LogP contribution in [0.2, 0.25) is 0 Å². The third-order valence-electron chi connectivity index (χ3n) is 6.24. The monoisotopic (exact) mass is 399 g/mol. The van der Waals surface area contributed by atoms with Crippen LogP contribution in [0.1, 0.15) is 38.2 Å². The first kappa shape index (κ1) is 19.8. The van der Waals surface area contributed by atoms with Crippen LogP contribution < -0.4 is 21.3 Å². The van der Waals surface area contributed by atoms with Crippen molar-refractivity contribution in [3.8, 4) is 0 Å². The molecule has 5 unspecified atom stereocenters. The molecule has 3 aliphatic heterocycles. The van der Waals surface area contributed by atoms with Crippen LogP contribution in [-0.4, -0.2) is 47.7 Å². The molecule has 3 amide bonds. The largest absolute Gasteiger partial charge is 0.340 e. The summed E-state index contributed by atoms with van der Waals surface area (Å²) in [5.41, 5.74) is 1.69. The maximum absolute atomic E-state index is 13.0. The lowest BCUT2D eigenvalue weighted by Gasteiger charge is -2.48. The zero-order chi connectivity index (χ0) is 20.5. The van der Waals surface area contributed by atoms with Crippen molar-refractivity contribution in [3.05, 3.63) is 29.8 Å². The predicted molar refractivity (Wildman–Crippen MR) is 108 cm³/mol. The van der Waals surface area contributed by atoms with Gasteiger partial charge in [-0.05, 0) is 44.4 Å². The lowest BCUT2D eigenvalue weighted by molar-refractivity contribution is -0.148. The third kappa shape index (κ3) is 4.13. The summed E-state index contributed by atoms with van der Waals surface area (Å²) in [4.78, 5) is 40.5. The molecule has 0 saturated carbocycles. The fourth-order valence-corrected chi connectivity index (χ4v) is 4.70. The van der Waals surface area contributed by atoms with Gasteiger partial charge in [-0.3, -0.25) is 24.6 Å². The highest BCUT2D eigenvalue weighted by Gasteiger charge is 2.49. The van der Waals surface area contributed by atoms with E-state index in [0.717, 1.165) is 24.9 Å². The minimum Gasteiger partial charge on any atom is -0.340 e. The number of benzene rings is 1. The fraction of sp³-hybridized carbons (Fsp3) is 0.571. The molecule has 1 aromatic carbocycles. The fourth-order valence-electron chi connectivity index (χ4n) is 4.70. The molecule has 3 fully saturated rings. The number of nitrogens with zero attached hydrogens (tertiary/aromatic N) is 1. The van der Waals surface area contributed by atoms with Gasteiger partial charge in [-0.25, -0.2) is 0 Å². The van der Waals surface area contributed by atoms with E-state index in [1.54, 1.807) is 6.07 Å². The summed E-state index contributed by atoms with van der Waals surface area (Å²) in [6.07, 6.45) is 2.45. The van der Waals surface area contributed by atoms with Crippen molar-refractivity contribution in [2.75, 3.05) is 11.9 Å². The number of carbonyl (C=O) groups is 3. The van der Waals surface area contributed by atoms with Gasteiger partial charge >= 0.3 is 0 Å². The number of piperidine rings is 2. The highest BCUT2D eigenvalue weighted by Crippen LogP contribution is 2.29. The second-order valence-electron chi connectivity index (χ2n) is 8.40. The molecule has 0 bridgehead atoms. The van der Waals surface area contributed by atoms with Crippen LogP contribution in [0.15, 0.2) is 24.3 Å². The van der Waals surface area contributed by atoms with Gasteiger partial charge in [-0.2, -0.15) is 0 Å². The Morgan fingerprint density at radius 2 is 2.03 bits per heavy atom. The van der Waals surface area contributed by atoms with E-state index >= 15 is 0 Å². The van der Waals surface area contributed by atoms with Crippen LogP contribution in [0.25, 0.3) is 0 Å². The highest BCUT2D eigenvalue weighted by atomic mass is 16.2. The Morgan fingerprint density at radius 3 is 2.79 bits per heavy atom. The van der Waals surface area contributed by atoms with E-state index in [0.29, 0.717) is 11.7 Å². The topological polar surface area (TPSA) is 103 Å². The number of nitrogens with one attached hydrogen (secondary N) is 4. The number of rotatable bonds is 3. The molecule has 3 aliphatic rings. The van der Waals surface area contributed by atoms with Gasteiger partial charge in [0, 0.05) is 24.7 Å². The summed E-state index contributed by atoms with van der Waals surface area (Å²) < 4.78 is 0. The minimum atomic E-state index is -0.721. The SMILES string of the molecule is Cc1cccc(NC(=O)C2CC(=O)NC3NC(N4CCCCC4C)NC(=O)C32)c1. The summed E-state index contributed by atoms with van der Waals surface area (Å²) >= 11 is 0. The van der Waals surface area contributed by atoms with Crippen molar-refractivity contribution < 1.29 is 14.4 Å². The lowest BCUT2D eigenvalue weighted by atomic mass is 9.81. The normalized spacial score (nSPS) is 32.7. The van der Waals surface area contributed by atoms with Crippen LogP contribution in [0.5, 0.6) is 0 Å². The molecule has 0 aliphatic carbocycles. The maximum atomic E-state index is 13.0. The standard InChI is InChI=1S/C21H29N5O3/c1-12-6-5-8-14(10-12)22-19(28)15-11-16(27)23-18-17(15)20(29)25-21(24-18)26-9-4-3-7-13(26)2/h5-6,8,10,13,15,17-18,21,24H,3-4,7,9,11H2,1-2H3,(H,22,28)(H,23,27)(H,25,29). The predicted octanol–water partition coefficient (Wildman–Crippen LogP) is 0.889. The second kappa shape index (κ2) is 8.12. The molecule has 8 nitrogen and oxygen atoms in total. The van der Waals surface area contributed by atoms with Crippen molar-refractivity contribution >= 4 is 23.4 Å². The third-order valence-corrected chi connectivity index (χ3v) is 6.24. The van der Waals surface area contributed by atoms with E-state index < -0.39 is 18.0 Å². The molecule has 0 radical (unpaired) electrons. The number of hydrogen-bond donors (Lipinski definition) is 4. The summed E-state index contributed by atoms with van der Waals surface area (Å²) in [7, 11) is 0. The smallest absolute Gasteiger partial charge is 0.229 e. The average Bonchev–Trinajstić information content (AvgIpc) is 2.67. The zero-order valence-electron chi connectivity index (χ0n) is 16.9. The van der Waals surface area contributed by atoms with Gasteiger partial charge in [0.05, 0.1) is 18.0 Å². The molecule has 1 aromatic rings. The minimum absolute atomic E-state index is 0.00129.